The molecule has 4 heterocycles. The summed E-state index contributed by atoms with van der Waals surface area (Å²) in [5, 5.41) is 6.54. The summed E-state index contributed by atoms with van der Waals surface area (Å²) < 4.78 is 51.8. The number of nitrogens with one attached hydrogen (secondary N) is 1. The third-order valence-electron chi connectivity index (χ3n) is 5.65. The lowest BCUT2D eigenvalue weighted by Crippen LogP contribution is -2.41. The minimum absolute atomic E-state index is 0.211. The maximum absolute atomic E-state index is 13.2. The number of carbonyl (C=O) groups excluding carboxylic acids is 2. The molecule has 0 radical (unpaired) electrons. The zero-order chi connectivity index (χ0) is 22.0. The number of fused-ring (bicyclic) bond motifs is 1. The minimum Gasteiger partial charge on any atom is -0.406 e. The predicted octanol–water partition coefficient (Wildman–Crippen LogP) is 2.81. The minimum atomic E-state index is -4.80. The summed E-state index contributed by atoms with van der Waals surface area (Å²) in [5.74, 6) is -1.79. The first-order valence-electron chi connectivity index (χ1n) is 9.44. The molecule has 0 saturated carbocycles. The van der Waals surface area contributed by atoms with Crippen LogP contribution in [0.3, 0.4) is 0 Å². The fraction of sp³-hybridized carbons (Fsp3) is 0.350. The molecule has 4 atom stereocenters. The first-order chi connectivity index (χ1) is 14.7. The molecule has 3 aliphatic heterocycles. The van der Waals surface area contributed by atoms with Gasteiger partial charge in [0.25, 0.3) is 0 Å². The molecule has 31 heavy (non-hydrogen) atoms. The molecule has 3 aliphatic rings. The van der Waals surface area contributed by atoms with E-state index in [0.29, 0.717) is 11.6 Å². The van der Waals surface area contributed by atoms with Crippen LogP contribution in [-0.4, -0.2) is 41.6 Å². The van der Waals surface area contributed by atoms with Gasteiger partial charge in [-0.2, -0.15) is 0 Å². The Labute approximate surface area is 173 Å². The molecule has 2 saturated heterocycles. The zero-order valence-corrected chi connectivity index (χ0v) is 16.1. The van der Waals surface area contributed by atoms with Gasteiger partial charge in [-0.1, -0.05) is 17.3 Å². The Bertz CT molecular complexity index is 1080. The van der Waals surface area contributed by atoms with Crippen molar-refractivity contribution >= 4 is 23.3 Å². The average molecular weight is 435 g/mol. The van der Waals surface area contributed by atoms with E-state index in [9.17, 15) is 22.8 Å². The number of hydrogen-bond acceptors (Lipinski definition) is 6. The molecular formula is C20H16F3N3O5. The fourth-order valence-corrected chi connectivity index (χ4v) is 4.44. The van der Waals surface area contributed by atoms with E-state index in [4.69, 9.17) is 9.26 Å². The quantitative estimate of drug-likeness (QED) is 0.743. The van der Waals surface area contributed by atoms with Crippen molar-refractivity contribution in [2.75, 3.05) is 16.8 Å². The first-order valence-corrected chi connectivity index (χ1v) is 9.44. The molecule has 0 aliphatic carbocycles. The van der Waals surface area contributed by atoms with E-state index in [1.165, 1.54) is 17.0 Å². The Morgan fingerprint density at radius 1 is 1.32 bits per heavy atom. The van der Waals surface area contributed by atoms with Crippen molar-refractivity contribution in [1.82, 2.24) is 5.16 Å². The first kappa shape index (κ1) is 19.6. The van der Waals surface area contributed by atoms with Gasteiger partial charge in [0.05, 0.1) is 24.5 Å². The number of hydrogen-bond donors (Lipinski definition) is 1. The van der Waals surface area contributed by atoms with Crippen LogP contribution in [0.2, 0.25) is 0 Å². The van der Waals surface area contributed by atoms with Crippen LogP contribution in [0.15, 0.2) is 47.0 Å². The van der Waals surface area contributed by atoms with Gasteiger partial charge in [0.1, 0.15) is 17.1 Å². The van der Waals surface area contributed by atoms with Crippen molar-refractivity contribution in [3.8, 4) is 5.75 Å². The summed E-state index contributed by atoms with van der Waals surface area (Å²) >= 11 is 0. The summed E-state index contributed by atoms with van der Waals surface area (Å²) in [6.45, 7) is 1.92. The van der Waals surface area contributed by atoms with Crippen LogP contribution in [0.4, 0.5) is 24.7 Å². The predicted molar refractivity (Wildman–Crippen MR) is 99.1 cm³/mol. The zero-order valence-electron chi connectivity index (χ0n) is 16.1. The second kappa shape index (κ2) is 6.58. The van der Waals surface area contributed by atoms with Gasteiger partial charge < -0.3 is 19.3 Å². The van der Waals surface area contributed by atoms with E-state index in [-0.39, 0.29) is 18.1 Å². The highest BCUT2D eigenvalue weighted by Crippen LogP contribution is 2.52. The Morgan fingerprint density at radius 3 is 2.71 bits per heavy atom. The lowest BCUT2D eigenvalue weighted by Gasteiger charge is -2.23. The lowest BCUT2D eigenvalue weighted by atomic mass is 9.77. The monoisotopic (exact) mass is 435 g/mol. The molecule has 11 heteroatoms. The lowest BCUT2D eigenvalue weighted by molar-refractivity contribution is -0.274. The van der Waals surface area contributed by atoms with Crippen LogP contribution >= 0.6 is 0 Å². The molecule has 1 aromatic heterocycles. The van der Waals surface area contributed by atoms with E-state index < -0.39 is 41.6 Å². The summed E-state index contributed by atoms with van der Waals surface area (Å²) in [7, 11) is 0. The topological polar surface area (TPSA) is 93.9 Å². The molecule has 0 unspecified atom stereocenters. The number of rotatable bonds is 4. The highest BCUT2D eigenvalue weighted by molar-refractivity contribution is 6.05. The van der Waals surface area contributed by atoms with Gasteiger partial charge >= 0.3 is 6.36 Å². The molecule has 2 amide bonds. The molecule has 162 valence electrons. The SMILES string of the molecule is Cc1cc(N2C[C@]34C=C[C@@H](O3)[C@@H](C(=O)Nc3ccc(OC(F)(F)F)cc3)[C@@H]4C2=O)no1. The van der Waals surface area contributed by atoms with Gasteiger partial charge in [-0.15, -0.1) is 13.2 Å². The van der Waals surface area contributed by atoms with Gasteiger partial charge in [-0.3, -0.25) is 14.5 Å². The maximum atomic E-state index is 13.2. The number of nitrogens with zero attached hydrogens (tertiary/aromatic N) is 2. The number of alkyl halides is 3. The second-order valence-electron chi connectivity index (χ2n) is 7.68. The normalized spacial score (nSPS) is 28.8. The fourth-order valence-electron chi connectivity index (χ4n) is 4.44. The molecule has 2 aromatic rings. The van der Waals surface area contributed by atoms with Crippen LogP contribution in [0, 0.1) is 18.8 Å². The van der Waals surface area contributed by atoms with Crippen LogP contribution < -0.4 is 15.0 Å². The van der Waals surface area contributed by atoms with E-state index in [2.05, 4.69) is 15.2 Å². The molecule has 2 fully saturated rings. The maximum Gasteiger partial charge on any atom is 0.573 e. The molecule has 8 nitrogen and oxygen atoms in total. The molecule has 1 spiro atoms. The number of carbonyl (C=O) groups is 2. The van der Waals surface area contributed by atoms with Crippen molar-refractivity contribution in [3.05, 3.63) is 48.2 Å². The van der Waals surface area contributed by atoms with Gasteiger partial charge in [0, 0.05) is 11.8 Å². The standard InChI is InChI=1S/C20H16F3N3O5/c1-10-8-14(25-31-10)26-9-19-7-6-13(30-19)15(16(19)18(26)28)17(27)24-11-2-4-12(5-3-11)29-20(21,22)23/h2-8,13,15-16H,9H2,1H3,(H,24,27)/t13-,15-,16-,19+/m1/s1. The Kier molecular flexibility index (Phi) is 4.16. The van der Waals surface area contributed by atoms with E-state index in [1.807, 2.05) is 0 Å². The molecule has 2 bridgehead atoms. The van der Waals surface area contributed by atoms with Crippen LogP contribution in [-0.2, 0) is 14.3 Å². The highest BCUT2D eigenvalue weighted by Gasteiger charge is 2.67. The Balaban J connectivity index is 1.34. The Morgan fingerprint density at radius 2 is 2.06 bits per heavy atom. The van der Waals surface area contributed by atoms with E-state index in [1.54, 1.807) is 25.1 Å². The smallest absolute Gasteiger partial charge is 0.406 e. The van der Waals surface area contributed by atoms with Crippen LogP contribution in [0.5, 0.6) is 5.75 Å². The highest BCUT2D eigenvalue weighted by atomic mass is 19.4. The van der Waals surface area contributed by atoms with Crippen molar-refractivity contribution in [1.29, 1.82) is 0 Å². The number of benzene rings is 1. The van der Waals surface area contributed by atoms with Crippen molar-refractivity contribution in [3.63, 3.8) is 0 Å². The van der Waals surface area contributed by atoms with Gasteiger partial charge in [-0.25, -0.2) is 0 Å². The van der Waals surface area contributed by atoms with Gasteiger partial charge in [0.2, 0.25) is 11.8 Å². The van der Waals surface area contributed by atoms with Gasteiger partial charge in [-0.05, 0) is 31.2 Å². The van der Waals surface area contributed by atoms with Crippen molar-refractivity contribution in [2.24, 2.45) is 11.8 Å². The average Bonchev–Trinajstić information content (AvgIpc) is 3.43. The van der Waals surface area contributed by atoms with Gasteiger partial charge in [0.15, 0.2) is 5.82 Å². The number of anilines is 2. The largest absolute Gasteiger partial charge is 0.573 e. The summed E-state index contributed by atoms with van der Waals surface area (Å²) in [6.07, 6.45) is -1.81. The Hall–Kier alpha value is -3.34. The number of aryl methyl sites for hydroxylation is 1. The third kappa shape index (κ3) is 3.25. The number of ether oxygens (including phenoxy) is 2. The second-order valence-corrected chi connectivity index (χ2v) is 7.68. The number of amides is 2. The number of halogens is 3. The van der Waals surface area contributed by atoms with Crippen LogP contribution in [0.1, 0.15) is 5.76 Å². The van der Waals surface area contributed by atoms with Crippen molar-refractivity contribution in [2.45, 2.75) is 25.0 Å². The molecule has 1 N–H and O–H groups in total. The number of aromatic nitrogens is 1. The molecule has 1 aromatic carbocycles. The van der Waals surface area contributed by atoms with Crippen LogP contribution in [0.25, 0.3) is 0 Å². The third-order valence-corrected chi connectivity index (χ3v) is 5.65. The summed E-state index contributed by atoms with van der Waals surface area (Å²) in [4.78, 5) is 27.6. The van der Waals surface area contributed by atoms with E-state index in [0.717, 1.165) is 12.1 Å². The molecule has 5 rings (SSSR count). The van der Waals surface area contributed by atoms with Crippen molar-refractivity contribution < 1.29 is 36.8 Å². The summed E-state index contributed by atoms with van der Waals surface area (Å²) in [5.41, 5.74) is -0.657. The summed E-state index contributed by atoms with van der Waals surface area (Å²) in [6, 6.07) is 6.40. The van der Waals surface area contributed by atoms with E-state index >= 15 is 0 Å². The molecular weight excluding hydrogens is 419 g/mol.